The number of hydrogen-bond donors (Lipinski definition) is 1. The van der Waals surface area contributed by atoms with Gasteiger partial charge in [0.2, 0.25) is 10.0 Å². The zero-order valence-electron chi connectivity index (χ0n) is 13.7. The van der Waals surface area contributed by atoms with Crippen LogP contribution in [0.2, 0.25) is 0 Å². The van der Waals surface area contributed by atoms with Crippen molar-refractivity contribution in [3.63, 3.8) is 0 Å². The highest BCUT2D eigenvalue weighted by atomic mass is 32.2. The van der Waals surface area contributed by atoms with Crippen LogP contribution in [0.3, 0.4) is 0 Å². The van der Waals surface area contributed by atoms with E-state index >= 15 is 0 Å². The molecule has 0 saturated carbocycles. The third-order valence-electron chi connectivity index (χ3n) is 3.82. The predicted octanol–water partition coefficient (Wildman–Crippen LogP) is -2.53. The molecule has 1 aliphatic rings. The maximum absolute atomic E-state index is 12.2. The molecule has 0 radical (unpaired) electrons. The van der Waals surface area contributed by atoms with E-state index in [9.17, 15) is 22.8 Å². The standard InChI is InChI=1S/C13H20N4O6S/c1-15-10(6-11(18)16(2)13(15)20)12(19)14-7-9-8-17(4-5-23-9)24(3,21)22/h6,9H,4-5,7-8H2,1-3H3,(H,14,19)/t9-/m1/s1. The van der Waals surface area contributed by atoms with E-state index < -0.39 is 33.3 Å². The second-order valence-corrected chi connectivity index (χ2v) is 7.57. The number of nitrogens with zero attached hydrogens (tertiary/aromatic N) is 3. The molecule has 1 saturated heterocycles. The van der Waals surface area contributed by atoms with Crippen molar-refractivity contribution in [2.75, 3.05) is 32.5 Å². The normalized spacial score (nSPS) is 19.2. The number of carbonyl (C=O) groups excluding carboxylic acids is 1. The van der Waals surface area contributed by atoms with Gasteiger partial charge in [-0.3, -0.25) is 18.7 Å². The van der Waals surface area contributed by atoms with E-state index in [1.807, 2.05) is 0 Å². The number of carbonyl (C=O) groups is 1. The van der Waals surface area contributed by atoms with Crippen molar-refractivity contribution in [3.8, 4) is 0 Å². The lowest BCUT2D eigenvalue weighted by Gasteiger charge is -2.31. The molecule has 1 aromatic rings. The fourth-order valence-corrected chi connectivity index (χ4v) is 3.21. The molecule has 0 aliphatic carbocycles. The summed E-state index contributed by atoms with van der Waals surface area (Å²) in [6.07, 6.45) is 0.615. The summed E-state index contributed by atoms with van der Waals surface area (Å²) in [7, 11) is -0.612. The predicted molar refractivity (Wildman–Crippen MR) is 85.4 cm³/mol. The van der Waals surface area contributed by atoms with Crippen molar-refractivity contribution in [3.05, 3.63) is 32.6 Å². The summed E-state index contributed by atoms with van der Waals surface area (Å²) < 4.78 is 31.8. The molecule has 1 amide bonds. The zero-order valence-corrected chi connectivity index (χ0v) is 14.5. The van der Waals surface area contributed by atoms with Gasteiger partial charge < -0.3 is 10.1 Å². The minimum atomic E-state index is -3.32. The number of nitrogens with one attached hydrogen (secondary N) is 1. The first-order chi connectivity index (χ1) is 11.1. The summed E-state index contributed by atoms with van der Waals surface area (Å²) in [5.41, 5.74) is -1.26. The highest BCUT2D eigenvalue weighted by Gasteiger charge is 2.27. The van der Waals surface area contributed by atoms with Crippen molar-refractivity contribution >= 4 is 15.9 Å². The van der Waals surface area contributed by atoms with E-state index in [0.717, 1.165) is 21.5 Å². The molecule has 1 fully saturated rings. The number of sulfonamides is 1. The van der Waals surface area contributed by atoms with Gasteiger partial charge >= 0.3 is 5.69 Å². The number of morpholine rings is 1. The molecule has 1 aromatic heterocycles. The first kappa shape index (κ1) is 18.4. The second kappa shape index (κ2) is 6.87. The van der Waals surface area contributed by atoms with Gasteiger partial charge in [-0.15, -0.1) is 0 Å². The Bertz CT molecular complexity index is 856. The third kappa shape index (κ3) is 3.91. The van der Waals surface area contributed by atoms with Crippen molar-refractivity contribution < 1.29 is 17.9 Å². The maximum Gasteiger partial charge on any atom is 0.331 e. The third-order valence-corrected chi connectivity index (χ3v) is 5.09. The van der Waals surface area contributed by atoms with Crippen LogP contribution in [0.15, 0.2) is 15.7 Å². The van der Waals surface area contributed by atoms with E-state index in [0.29, 0.717) is 0 Å². The molecule has 0 aromatic carbocycles. The minimum Gasteiger partial charge on any atom is -0.374 e. The van der Waals surface area contributed by atoms with Crippen LogP contribution in [0.5, 0.6) is 0 Å². The van der Waals surface area contributed by atoms with E-state index in [1.165, 1.54) is 18.4 Å². The number of ether oxygens (including phenoxy) is 1. The van der Waals surface area contributed by atoms with Gasteiger partial charge in [0.1, 0.15) is 5.69 Å². The van der Waals surface area contributed by atoms with Gasteiger partial charge in [0, 0.05) is 39.8 Å². The van der Waals surface area contributed by atoms with Gasteiger partial charge in [-0.05, 0) is 0 Å². The lowest BCUT2D eigenvalue weighted by molar-refractivity contribution is 0.000386. The van der Waals surface area contributed by atoms with Crippen molar-refractivity contribution in [1.82, 2.24) is 18.8 Å². The van der Waals surface area contributed by atoms with Crippen LogP contribution >= 0.6 is 0 Å². The summed E-state index contributed by atoms with van der Waals surface area (Å²) in [6, 6.07) is 1.07. The molecular weight excluding hydrogens is 340 g/mol. The molecular formula is C13H20N4O6S. The summed E-state index contributed by atoms with van der Waals surface area (Å²) in [5, 5.41) is 2.56. The van der Waals surface area contributed by atoms with Crippen molar-refractivity contribution in [2.45, 2.75) is 6.10 Å². The van der Waals surface area contributed by atoms with Gasteiger partial charge in [0.15, 0.2) is 0 Å². The Labute approximate surface area is 138 Å². The molecule has 2 heterocycles. The molecule has 134 valence electrons. The molecule has 1 aliphatic heterocycles. The number of amides is 1. The SMILES string of the molecule is Cn1c(C(=O)NC[C@@H]2CN(S(C)(=O)=O)CCO2)cc(=O)n(C)c1=O. The summed E-state index contributed by atoms with van der Waals surface area (Å²) in [6.45, 7) is 0.702. The van der Waals surface area contributed by atoms with Crippen LogP contribution in [0.1, 0.15) is 10.5 Å². The fourth-order valence-electron chi connectivity index (χ4n) is 2.36. The van der Waals surface area contributed by atoms with Crippen molar-refractivity contribution in [1.29, 1.82) is 0 Å². The Kier molecular flexibility index (Phi) is 5.26. The average molecular weight is 360 g/mol. The number of rotatable bonds is 4. The lowest BCUT2D eigenvalue weighted by Crippen LogP contribution is -2.49. The fraction of sp³-hybridized carbons (Fsp3) is 0.615. The Morgan fingerprint density at radius 3 is 2.62 bits per heavy atom. The Morgan fingerprint density at radius 2 is 2.00 bits per heavy atom. The van der Waals surface area contributed by atoms with Gasteiger partial charge in [-0.1, -0.05) is 0 Å². The lowest BCUT2D eigenvalue weighted by atomic mass is 10.3. The average Bonchev–Trinajstić information content (AvgIpc) is 2.53. The molecule has 0 spiro atoms. The number of aromatic nitrogens is 2. The van der Waals surface area contributed by atoms with Crippen LogP contribution in [0.4, 0.5) is 0 Å². The molecule has 0 unspecified atom stereocenters. The maximum atomic E-state index is 12.2. The quantitative estimate of drug-likeness (QED) is 0.632. The van der Waals surface area contributed by atoms with Gasteiger partial charge in [0.25, 0.3) is 11.5 Å². The second-order valence-electron chi connectivity index (χ2n) is 5.59. The summed E-state index contributed by atoms with van der Waals surface area (Å²) in [4.78, 5) is 35.7. The van der Waals surface area contributed by atoms with E-state index in [2.05, 4.69) is 5.32 Å². The largest absolute Gasteiger partial charge is 0.374 e. The van der Waals surface area contributed by atoms with Crippen LogP contribution in [-0.4, -0.2) is 66.4 Å². The summed E-state index contributed by atoms with van der Waals surface area (Å²) in [5.74, 6) is -0.604. The molecule has 11 heteroatoms. The smallest absolute Gasteiger partial charge is 0.331 e. The molecule has 2 rings (SSSR count). The van der Waals surface area contributed by atoms with Crippen molar-refractivity contribution in [2.24, 2.45) is 14.1 Å². The van der Waals surface area contributed by atoms with E-state index in [-0.39, 0.29) is 31.9 Å². The van der Waals surface area contributed by atoms with Crippen LogP contribution < -0.4 is 16.6 Å². The van der Waals surface area contributed by atoms with Gasteiger partial charge in [0.05, 0.1) is 19.0 Å². The monoisotopic (exact) mass is 360 g/mol. The molecule has 24 heavy (non-hydrogen) atoms. The van der Waals surface area contributed by atoms with Gasteiger partial charge in [-0.25, -0.2) is 13.2 Å². The summed E-state index contributed by atoms with van der Waals surface area (Å²) >= 11 is 0. The van der Waals surface area contributed by atoms with E-state index in [4.69, 9.17) is 4.74 Å². The molecule has 1 atom stereocenters. The topological polar surface area (TPSA) is 120 Å². The first-order valence-electron chi connectivity index (χ1n) is 7.23. The van der Waals surface area contributed by atoms with Gasteiger partial charge in [-0.2, -0.15) is 4.31 Å². The molecule has 1 N–H and O–H groups in total. The zero-order chi connectivity index (χ0) is 18.1. The minimum absolute atomic E-state index is 0.0637. The molecule has 0 bridgehead atoms. The Balaban J connectivity index is 2.07. The Morgan fingerprint density at radius 1 is 1.33 bits per heavy atom. The first-order valence-corrected chi connectivity index (χ1v) is 9.08. The highest BCUT2D eigenvalue weighted by molar-refractivity contribution is 7.88. The molecule has 10 nitrogen and oxygen atoms in total. The Hall–Kier alpha value is -1.98. The highest BCUT2D eigenvalue weighted by Crippen LogP contribution is 2.08. The van der Waals surface area contributed by atoms with E-state index in [1.54, 1.807) is 0 Å². The van der Waals surface area contributed by atoms with Crippen LogP contribution in [0.25, 0.3) is 0 Å². The van der Waals surface area contributed by atoms with Crippen LogP contribution in [-0.2, 0) is 28.9 Å². The van der Waals surface area contributed by atoms with Crippen LogP contribution in [0, 0.1) is 0 Å². The number of hydrogen-bond acceptors (Lipinski definition) is 6.